The predicted molar refractivity (Wildman–Crippen MR) is 61.8 cm³/mol. The molecule has 0 aliphatic rings. The van der Waals surface area contributed by atoms with Crippen LogP contribution in [0.1, 0.15) is 37.3 Å². The first kappa shape index (κ1) is 11.5. The van der Waals surface area contributed by atoms with Crippen molar-refractivity contribution in [3.63, 3.8) is 0 Å². The molecular weight excluding hydrogens is 188 g/mol. The van der Waals surface area contributed by atoms with Gasteiger partial charge in [-0.25, -0.2) is 4.79 Å². The molecule has 0 radical (unpaired) electrons. The molecule has 1 unspecified atom stereocenters. The van der Waals surface area contributed by atoms with Gasteiger partial charge in [-0.15, -0.1) is 0 Å². The summed E-state index contributed by atoms with van der Waals surface area (Å²) in [7, 11) is 0. The Morgan fingerprint density at radius 1 is 1.40 bits per heavy atom. The van der Waals surface area contributed by atoms with E-state index in [1.807, 2.05) is 12.1 Å². The van der Waals surface area contributed by atoms with Crippen molar-refractivity contribution >= 4 is 12.0 Å². The van der Waals surface area contributed by atoms with Crippen LogP contribution >= 0.6 is 0 Å². The summed E-state index contributed by atoms with van der Waals surface area (Å²) in [5.74, 6) is -0.358. The first-order chi connectivity index (χ1) is 7.13. The first-order valence-electron chi connectivity index (χ1n) is 5.14. The molecule has 15 heavy (non-hydrogen) atoms. The molecule has 1 aromatic rings. The quantitative estimate of drug-likeness (QED) is 0.764. The van der Waals surface area contributed by atoms with Crippen LogP contribution in [0.15, 0.2) is 30.3 Å². The first-order valence-corrected chi connectivity index (χ1v) is 5.14. The number of hydrogen-bond donors (Lipinski definition) is 1. The molecule has 0 heterocycles. The average Bonchev–Trinajstić information content (AvgIpc) is 2.26. The lowest BCUT2D eigenvalue weighted by molar-refractivity contribution is -0.131. The summed E-state index contributed by atoms with van der Waals surface area (Å²) in [4.78, 5) is 10.3. The van der Waals surface area contributed by atoms with E-state index in [1.54, 1.807) is 6.08 Å². The van der Waals surface area contributed by atoms with Crippen LogP contribution in [-0.4, -0.2) is 11.1 Å². The summed E-state index contributed by atoms with van der Waals surface area (Å²) in [6, 6.07) is 7.99. The van der Waals surface area contributed by atoms with E-state index in [1.165, 1.54) is 5.56 Å². The van der Waals surface area contributed by atoms with E-state index in [0.717, 1.165) is 18.1 Å². The molecule has 0 aromatic heterocycles. The Morgan fingerprint density at radius 2 is 2.00 bits per heavy atom. The number of carboxylic acids is 1. The van der Waals surface area contributed by atoms with E-state index in [-0.39, 0.29) is 0 Å². The van der Waals surface area contributed by atoms with Gasteiger partial charge in [-0.3, -0.25) is 0 Å². The fourth-order valence-corrected chi connectivity index (χ4v) is 1.34. The molecule has 0 spiro atoms. The molecule has 2 heteroatoms. The van der Waals surface area contributed by atoms with E-state index < -0.39 is 5.97 Å². The van der Waals surface area contributed by atoms with Gasteiger partial charge in [0.1, 0.15) is 0 Å². The maximum Gasteiger partial charge on any atom is 0.328 e. The topological polar surface area (TPSA) is 37.3 Å². The Hall–Kier alpha value is -1.57. The van der Waals surface area contributed by atoms with Crippen molar-refractivity contribution in [1.82, 2.24) is 0 Å². The van der Waals surface area contributed by atoms with Gasteiger partial charge in [0.15, 0.2) is 0 Å². The van der Waals surface area contributed by atoms with Crippen LogP contribution in [-0.2, 0) is 4.79 Å². The summed E-state index contributed by atoms with van der Waals surface area (Å²) in [5.41, 5.74) is 2.22. The molecular formula is C13H16O2. The number of carboxylic acid groups (broad SMARTS) is 1. The van der Waals surface area contributed by atoms with Gasteiger partial charge in [0.2, 0.25) is 0 Å². The van der Waals surface area contributed by atoms with E-state index in [9.17, 15) is 4.79 Å². The monoisotopic (exact) mass is 204 g/mol. The SMILES string of the molecule is CCC(C)c1ccc(/C=C/C(=O)O)cc1. The minimum Gasteiger partial charge on any atom is -0.478 e. The highest BCUT2D eigenvalue weighted by Crippen LogP contribution is 2.19. The highest BCUT2D eigenvalue weighted by atomic mass is 16.4. The molecule has 0 aliphatic carbocycles. The molecule has 0 aliphatic heterocycles. The zero-order valence-electron chi connectivity index (χ0n) is 9.10. The van der Waals surface area contributed by atoms with Crippen LogP contribution in [0.2, 0.25) is 0 Å². The Labute approximate surface area is 90.3 Å². The number of carbonyl (C=O) groups is 1. The van der Waals surface area contributed by atoms with Crippen molar-refractivity contribution < 1.29 is 9.90 Å². The smallest absolute Gasteiger partial charge is 0.328 e. The zero-order valence-corrected chi connectivity index (χ0v) is 9.10. The average molecular weight is 204 g/mol. The normalized spacial score (nSPS) is 12.9. The fraction of sp³-hybridized carbons (Fsp3) is 0.308. The van der Waals surface area contributed by atoms with Gasteiger partial charge in [-0.05, 0) is 29.5 Å². The highest BCUT2D eigenvalue weighted by Gasteiger charge is 2.01. The summed E-state index contributed by atoms with van der Waals surface area (Å²) < 4.78 is 0. The van der Waals surface area contributed by atoms with Crippen LogP contribution in [0.5, 0.6) is 0 Å². The van der Waals surface area contributed by atoms with E-state index in [0.29, 0.717) is 5.92 Å². The highest BCUT2D eigenvalue weighted by molar-refractivity contribution is 5.85. The third-order valence-electron chi connectivity index (χ3n) is 2.54. The Morgan fingerprint density at radius 3 is 2.47 bits per heavy atom. The van der Waals surface area contributed by atoms with E-state index in [4.69, 9.17) is 5.11 Å². The van der Waals surface area contributed by atoms with Crippen molar-refractivity contribution in [3.8, 4) is 0 Å². The van der Waals surface area contributed by atoms with Gasteiger partial charge in [0.05, 0.1) is 0 Å². The lowest BCUT2D eigenvalue weighted by atomic mass is 9.97. The van der Waals surface area contributed by atoms with Crippen LogP contribution < -0.4 is 0 Å². The molecule has 1 aromatic carbocycles. The van der Waals surface area contributed by atoms with Crippen molar-refractivity contribution in [1.29, 1.82) is 0 Å². The van der Waals surface area contributed by atoms with Gasteiger partial charge in [0, 0.05) is 6.08 Å². The second-order valence-electron chi connectivity index (χ2n) is 3.65. The van der Waals surface area contributed by atoms with Crippen LogP contribution in [0.3, 0.4) is 0 Å². The molecule has 1 N–H and O–H groups in total. The summed E-state index contributed by atoms with van der Waals surface area (Å²) in [6.07, 6.45) is 3.87. The van der Waals surface area contributed by atoms with Crippen molar-refractivity contribution in [3.05, 3.63) is 41.5 Å². The maximum absolute atomic E-state index is 10.3. The van der Waals surface area contributed by atoms with E-state index >= 15 is 0 Å². The molecule has 0 saturated carbocycles. The van der Waals surface area contributed by atoms with Gasteiger partial charge in [0.25, 0.3) is 0 Å². The number of hydrogen-bond acceptors (Lipinski definition) is 1. The van der Waals surface area contributed by atoms with E-state index in [2.05, 4.69) is 26.0 Å². The van der Waals surface area contributed by atoms with Crippen LogP contribution in [0, 0.1) is 0 Å². The molecule has 2 nitrogen and oxygen atoms in total. The van der Waals surface area contributed by atoms with Gasteiger partial charge >= 0.3 is 5.97 Å². The second-order valence-corrected chi connectivity index (χ2v) is 3.65. The van der Waals surface area contributed by atoms with Crippen molar-refractivity contribution in [2.45, 2.75) is 26.2 Å². The molecule has 80 valence electrons. The fourth-order valence-electron chi connectivity index (χ4n) is 1.34. The van der Waals surface area contributed by atoms with Crippen molar-refractivity contribution in [2.75, 3.05) is 0 Å². The minimum atomic E-state index is -0.916. The summed E-state index contributed by atoms with van der Waals surface area (Å²) >= 11 is 0. The Kier molecular flexibility index (Phi) is 4.10. The van der Waals surface area contributed by atoms with Gasteiger partial charge in [-0.2, -0.15) is 0 Å². The molecule has 0 fully saturated rings. The van der Waals surface area contributed by atoms with Gasteiger partial charge in [-0.1, -0.05) is 38.1 Å². The Balaban J connectivity index is 2.76. The molecule has 1 atom stereocenters. The van der Waals surface area contributed by atoms with Crippen molar-refractivity contribution in [2.24, 2.45) is 0 Å². The standard InChI is InChI=1S/C13H16O2/c1-3-10(2)12-7-4-11(5-8-12)6-9-13(14)15/h4-10H,3H2,1-2H3,(H,14,15)/b9-6+. The molecule has 0 amide bonds. The third kappa shape index (κ3) is 3.58. The zero-order chi connectivity index (χ0) is 11.3. The molecule has 1 rings (SSSR count). The summed E-state index contributed by atoms with van der Waals surface area (Å²) in [6.45, 7) is 4.34. The number of aliphatic carboxylic acids is 1. The molecule has 0 bridgehead atoms. The lowest BCUT2D eigenvalue weighted by Crippen LogP contribution is -1.90. The van der Waals surface area contributed by atoms with Crippen LogP contribution in [0.25, 0.3) is 6.08 Å². The third-order valence-corrected chi connectivity index (χ3v) is 2.54. The number of benzene rings is 1. The number of rotatable bonds is 4. The van der Waals surface area contributed by atoms with Crippen LogP contribution in [0.4, 0.5) is 0 Å². The lowest BCUT2D eigenvalue weighted by Gasteiger charge is -2.08. The maximum atomic E-state index is 10.3. The Bertz CT molecular complexity index is 349. The minimum absolute atomic E-state index is 0.558. The second kappa shape index (κ2) is 5.35. The molecule has 0 saturated heterocycles. The van der Waals surface area contributed by atoms with Gasteiger partial charge < -0.3 is 5.11 Å². The summed E-state index contributed by atoms with van der Waals surface area (Å²) in [5, 5.41) is 8.47. The predicted octanol–water partition coefficient (Wildman–Crippen LogP) is 3.30. The largest absolute Gasteiger partial charge is 0.478 e.